The van der Waals surface area contributed by atoms with Gasteiger partial charge in [0, 0.05) is 6.08 Å². The Balaban J connectivity index is 2.55. The second-order valence-electron chi connectivity index (χ2n) is 4.73. The van der Waals surface area contributed by atoms with Gasteiger partial charge in [0.15, 0.2) is 5.79 Å². The molecule has 17 heavy (non-hydrogen) atoms. The molecule has 0 unspecified atom stereocenters. The molecule has 1 fully saturated rings. The summed E-state index contributed by atoms with van der Waals surface area (Å²) in [4.78, 5) is 11.1. The highest BCUT2D eigenvalue weighted by Crippen LogP contribution is 2.34. The third-order valence-electron chi connectivity index (χ3n) is 3.45. The third kappa shape index (κ3) is 3.54. The fourth-order valence-corrected chi connectivity index (χ4v) is 1.57. The van der Waals surface area contributed by atoms with Crippen molar-refractivity contribution in [2.24, 2.45) is 5.41 Å². The third-order valence-corrected chi connectivity index (χ3v) is 3.45. The van der Waals surface area contributed by atoms with Gasteiger partial charge in [0.05, 0.1) is 18.6 Å². The molecule has 0 saturated carbocycles. The van der Waals surface area contributed by atoms with Crippen LogP contribution in [0.2, 0.25) is 0 Å². The van der Waals surface area contributed by atoms with Gasteiger partial charge < -0.3 is 14.2 Å². The lowest BCUT2D eigenvalue weighted by Gasteiger charge is -2.43. The average molecular weight is 242 g/mol. The van der Waals surface area contributed by atoms with E-state index in [4.69, 9.17) is 14.2 Å². The van der Waals surface area contributed by atoms with Gasteiger partial charge in [-0.1, -0.05) is 20.4 Å². The van der Waals surface area contributed by atoms with Gasteiger partial charge in [-0.05, 0) is 19.8 Å². The molecular weight excluding hydrogens is 220 g/mol. The standard InChI is InChI=1S/C13H22O4/c1-5-11(14)15-8-13(7-3)9-16-12(4,6-2)17-10-13/h5H,1,6-10H2,2-4H3. The van der Waals surface area contributed by atoms with Crippen molar-refractivity contribution in [2.45, 2.75) is 39.4 Å². The summed E-state index contributed by atoms with van der Waals surface area (Å²) in [6.45, 7) is 10.8. The Hall–Kier alpha value is -0.870. The first-order valence-electron chi connectivity index (χ1n) is 6.06. The largest absolute Gasteiger partial charge is 0.462 e. The Kier molecular flexibility index (Phi) is 4.71. The van der Waals surface area contributed by atoms with Crippen LogP contribution in [0.1, 0.15) is 33.6 Å². The Morgan fingerprint density at radius 1 is 1.35 bits per heavy atom. The van der Waals surface area contributed by atoms with E-state index in [1.165, 1.54) is 6.08 Å². The van der Waals surface area contributed by atoms with E-state index in [1.807, 2.05) is 20.8 Å². The molecular formula is C13H22O4. The summed E-state index contributed by atoms with van der Waals surface area (Å²) >= 11 is 0. The maximum atomic E-state index is 11.1. The zero-order chi connectivity index (χ0) is 12.9. The molecule has 0 aromatic carbocycles. The second-order valence-corrected chi connectivity index (χ2v) is 4.73. The molecule has 4 nitrogen and oxygen atoms in total. The first-order chi connectivity index (χ1) is 7.99. The molecule has 1 aliphatic rings. The topological polar surface area (TPSA) is 44.8 Å². The minimum Gasteiger partial charge on any atom is -0.462 e. The molecule has 0 atom stereocenters. The molecule has 4 heteroatoms. The molecule has 0 radical (unpaired) electrons. The summed E-state index contributed by atoms with van der Waals surface area (Å²) in [6.07, 6.45) is 2.82. The molecule has 1 rings (SSSR count). The summed E-state index contributed by atoms with van der Waals surface area (Å²) in [6, 6.07) is 0. The van der Waals surface area contributed by atoms with E-state index in [-0.39, 0.29) is 5.41 Å². The zero-order valence-corrected chi connectivity index (χ0v) is 11.0. The molecule has 1 saturated heterocycles. The van der Waals surface area contributed by atoms with Crippen molar-refractivity contribution in [2.75, 3.05) is 19.8 Å². The van der Waals surface area contributed by atoms with Crippen molar-refractivity contribution in [3.63, 3.8) is 0 Å². The van der Waals surface area contributed by atoms with Crippen molar-refractivity contribution in [1.82, 2.24) is 0 Å². The molecule has 1 aliphatic heterocycles. The fourth-order valence-electron chi connectivity index (χ4n) is 1.57. The van der Waals surface area contributed by atoms with E-state index in [9.17, 15) is 4.79 Å². The number of rotatable bonds is 5. The quantitative estimate of drug-likeness (QED) is 0.548. The molecule has 0 spiro atoms. The highest BCUT2D eigenvalue weighted by atomic mass is 16.7. The van der Waals surface area contributed by atoms with Crippen LogP contribution in [-0.2, 0) is 19.0 Å². The van der Waals surface area contributed by atoms with Crippen LogP contribution in [-0.4, -0.2) is 31.6 Å². The lowest BCUT2D eigenvalue weighted by Crippen LogP contribution is -2.49. The second kappa shape index (κ2) is 5.65. The van der Waals surface area contributed by atoms with E-state index in [2.05, 4.69) is 6.58 Å². The normalized spacial score (nSPS) is 33.1. The number of ether oxygens (including phenoxy) is 3. The van der Waals surface area contributed by atoms with Crippen molar-refractivity contribution in [3.05, 3.63) is 12.7 Å². The minimum absolute atomic E-state index is 0.229. The number of hydrogen-bond donors (Lipinski definition) is 0. The summed E-state index contributed by atoms with van der Waals surface area (Å²) in [7, 11) is 0. The van der Waals surface area contributed by atoms with Gasteiger partial charge in [0.1, 0.15) is 6.61 Å². The lowest BCUT2D eigenvalue weighted by atomic mass is 9.86. The fraction of sp³-hybridized carbons (Fsp3) is 0.769. The Labute approximate surface area is 103 Å². The van der Waals surface area contributed by atoms with E-state index in [1.54, 1.807) is 0 Å². The van der Waals surface area contributed by atoms with Crippen LogP contribution in [0.4, 0.5) is 0 Å². The first kappa shape index (κ1) is 14.2. The smallest absolute Gasteiger partial charge is 0.330 e. The van der Waals surface area contributed by atoms with Crippen molar-refractivity contribution in [1.29, 1.82) is 0 Å². The molecule has 1 heterocycles. The molecule has 0 amide bonds. The monoisotopic (exact) mass is 242 g/mol. The number of esters is 1. The van der Waals surface area contributed by atoms with E-state index in [0.717, 1.165) is 12.8 Å². The molecule has 0 N–H and O–H groups in total. The number of hydrogen-bond acceptors (Lipinski definition) is 4. The summed E-state index contributed by atoms with van der Waals surface area (Å²) in [5.74, 6) is -0.900. The van der Waals surface area contributed by atoms with Crippen molar-refractivity contribution < 1.29 is 19.0 Å². The maximum absolute atomic E-state index is 11.1. The number of carbonyl (C=O) groups is 1. The molecule has 98 valence electrons. The summed E-state index contributed by atoms with van der Waals surface area (Å²) in [5.41, 5.74) is -0.229. The number of carbonyl (C=O) groups excluding carboxylic acids is 1. The maximum Gasteiger partial charge on any atom is 0.330 e. The van der Waals surface area contributed by atoms with Crippen LogP contribution in [0.25, 0.3) is 0 Å². The average Bonchev–Trinajstić information content (AvgIpc) is 2.38. The Morgan fingerprint density at radius 3 is 2.35 bits per heavy atom. The van der Waals surface area contributed by atoms with Crippen LogP contribution in [0.5, 0.6) is 0 Å². The van der Waals surface area contributed by atoms with Crippen LogP contribution < -0.4 is 0 Å². The summed E-state index contributed by atoms with van der Waals surface area (Å²) < 4.78 is 16.6. The van der Waals surface area contributed by atoms with Crippen molar-refractivity contribution in [3.8, 4) is 0 Å². The van der Waals surface area contributed by atoms with Gasteiger partial charge in [-0.25, -0.2) is 4.79 Å². The van der Waals surface area contributed by atoms with Crippen LogP contribution in [0, 0.1) is 5.41 Å². The van der Waals surface area contributed by atoms with Gasteiger partial charge in [0.2, 0.25) is 0 Å². The van der Waals surface area contributed by atoms with Crippen LogP contribution in [0.15, 0.2) is 12.7 Å². The van der Waals surface area contributed by atoms with Crippen LogP contribution in [0.3, 0.4) is 0 Å². The highest BCUT2D eigenvalue weighted by molar-refractivity contribution is 5.81. The summed E-state index contributed by atoms with van der Waals surface area (Å²) in [5, 5.41) is 0. The van der Waals surface area contributed by atoms with Gasteiger partial charge >= 0.3 is 5.97 Å². The molecule has 0 bridgehead atoms. The van der Waals surface area contributed by atoms with Crippen molar-refractivity contribution >= 4 is 5.97 Å². The molecule has 0 aliphatic carbocycles. The Morgan fingerprint density at radius 2 is 1.94 bits per heavy atom. The predicted molar refractivity (Wildman–Crippen MR) is 64.5 cm³/mol. The van der Waals surface area contributed by atoms with Gasteiger partial charge in [-0.2, -0.15) is 0 Å². The molecule has 0 aromatic heterocycles. The van der Waals surface area contributed by atoms with E-state index < -0.39 is 11.8 Å². The van der Waals surface area contributed by atoms with Gasteiger partial charge in [-0.15, -0.1) is 0 Å². The Bertz CT molecular complexity index is 277. The van der Waals surface area contributed by atoms with Crippen LogP contribution >= 0.6 is 0 Å². The predicted octanol–water partition coefficient (Wildman–Crippen LogP) is 2.29. The van der Waals surface area contributed by atoms with E-state index >= 15 is 0 Å². The highest BCUT2D eigenvalue weighted by Gasteiger charge is 2.41. The van der Waals surface area contributed by atoms with Gasteiger partial charge in [0.25, 0.3) is 0 Å². The molecule has 0 aromatic rings. The zero-order valence-electron chi connectivity index (χ0n) is 11.0. The minimum atomic E-state index is -0.499. The SMILES string of the molecule is C=CC(=O)OCC1(CC)COC(C)(CC)OC1. The first-order valence-corrected chi connectivity index (χ1v) is 6.06. The van der Waals surface area contributed by atoms with E-state index in [0.29, 0.717) is 19.8 Å². The lowest BCUT2D eigenvalue weighted by molar-refractivity contribution is -0.301. The van der Waals surface area contributed by atoms with Gasteiger partial charge in [-0.3, -0.25) is 0 Å².